The maximum Gasteiger partial charge on any atom is 0.386 e. The molecular formula is C21H20O7. The molecule has 0 saturated carbocycles. The summed E-state index contributed by atoms with van der Waals surface area (Å²) in [5, 5.41) is 0. The lowest BCUT2D eigenvalue weighted by atomic mass is 10.2. The zero-order valence-corrected chi connectivity index (χ0v) is 15.2. The average molecular weight is 384 g/mol. The molecule has 0 aliphatic carbocycles. The topological polar surface area (TPSA) is 88.1 Å². The number of benzene rings is 2. The third-order valence-corrected chi connectivity index (χ3v) is 3.51. The van der Waals surface area contributed by atoms with Gasteiger partial charge < -0.3 is 9.47 Å². The van der Waals surface area contributed by atoms with Gasteiger partial charge in [0.05, 0.1) is 24.3 Å². The van der Waals surface area contributed by atoms with E-state index in [4.69, 9.17) is 9.47 Å². The highest BCUT2D eigenvalue weighted by molar-refractivity contribution is 5.92. The Bertz CT molecular complexity index is 797. The van der Waals surface area contributed by atoms with Crippen molar-refractivity contribution in [1.29, 1.82) is 0 Å². The lowest BCUT2D eigenvalue weighted by Crippen LogP contribution is -2.11. The summed E-state index contributed by atoms with van der Waals surface area (Å²) >= 11 is 0. The lowest BCUT2D eigenvalue weighted by molar-refractivity contribution is -0.187. The monoisotopic (exact) mass is 384 g/mol. The Morgan fingerprint density at radius 2 is 1.36 bits per heavy atom. The Morgan fingerprint density at radius 1 is 0.786 bits per heavy atom. The van der Waals surface area contributed by atoms with Crippen LogP contribution in [-0.2, 0) is 19.3 Å². The van der Waals surface area contributed by atoms with Crippen molar-refractivity contribution in [3.63, 3.8) is 0 Å². The minimum absolute atomic E-state index is 0.213. The first-order valence-corrected chi connectivity index (χ1v) is 8.60. The maximum atomic E-state index is 11.9. The Balaban J connectivity index is 1.69. The van der Waals surface area contributed by atoms with Gasteiger partial charge in [-0.15, -0.1) is 0 Å². The lowest BCUT2D eigenvalue weighted by Gasteiger charge is -2.07. The van der Waals surface area contributed by atoms with E-state index in [1.54, 1.807) is 42.5 Å². The van der Waals surface area contributed by atoms with Crippen LogP contribution in [0, 0.1) is 0 Å². The molecule has 0 N–H and O–H groups in total. The molecule has 2 rings (SSSR count). The molecule has 2 aromatic carbocycles. The largest absolute Gasteiger partial charge is 0.494 e. The molecule has 0 saturated heterocycles. The number of unbranched alkanes of at least 4 members (excludes halogenated alkanes) is 1. The number of ether oxygens (including phenoxy) is 2. The van der Waals surface area contributed by atoms with Crippen molar-refractivity contribution in [2.24, 2.45) is 0 Å². The molecule has 7 heteroatoms. The summed E-state index contributed by atoms with van der Waals surface area (Å²) in [7, 11) is 0. The molecular weight excluding hydrogens is 364 g/mol. The van der Waals surface area contributed by atoms with Crippen molar-refractivity contribution in [1.82, 2.24) is 0 Å². The molecule has 7 nitrogen and oxygen atoms in total. The second kappa shape index (κ2) is 11.2. The van der Waals surface area contributed by atoms with E-state index in [-0.39, 0.29) is 11.1 Å². The van der Waals surface area contributed by atoms with Crippen molar-refractivity contribution >= 4 is 17.9 Å². The normalized spacial score (nSPS) is 9.86. The van der Waals surface area contributed by atoms with E-state index in [0.29, 0.717) is 31.8 Å². The van der Waals surface area contributed by atoms with Crippen LogP contribution in [0.5, 0.6) is 5.75 Å². The van der Waals surface area contributed by atoms with E-state index in [9.17, 15) is 14.4 Å². The smallest absolute Gasteiger partial charge is 0.386 e. The summed E-state index contributed by atoms with van der Waals surface area (Å²) in [4.78, 5) is 43.6. The minimum atomic E-state index is -0.792. The number of hydrogen-bond acceptors (Lipinski definition) is 7. The van der Waals surface area contributed by atoms with Gasteiger partial charge in [-0.1, -0.05) is 24.8 Å². The zero-order chi connectivity index (χ0) is 20.2. The number of carbonyl (C=O) groups excluding carboxylic acids is 3. The van der Waals surface area contributed by atoms with Gasteiger partial charge in [-0.05, 0) is 49.2 Å². The molecule has 0 aromatic heterocycles. The van der Waals surface area contributed by atoms with Crippen molar-refractivity contribution in [2.45, 2.75) is 12.8 Å². The Morgan fingerprint density at radius 3 is 1.96 bits per heavy atom. The highest BCUT2D eigenvalue weighted by Gasteiger charge is 2.13. The highest BCUT2D eigenvalue weighted by atomic mass is 17.2. The molecule has 0 aliphatic rings. The molecule has 146 valence electrons. The summed E-state index contributed by atoms with van der Waals surface area (Å²) in [6.07, 6.45) is 2.48. The maximum absolute atomic E-state index is 11.9. The molecule has 0 bridgehead atoms. The van der Waals surface area contributed by atoms with Crippen molar-refractivity contribution in [2.75, 3.05) is 13.2 Å². The van der Waals surface area contributed by atoms with Crippen LogP contribution in [0.3, 0.4) is 0 Å². The fraction of sp³-hybridized carbons (Fsp3) is 0.190. The van der Waals surface area contributed by atoms with Crippen LogP contribution in [0.2, 0.25) is 0 Å². The summed E-state index contributed by atoms with van der Waals surface area (Å²) in [6, 6.07) is 14.4. The standard InChI is InChI=1S/C21H20O7/c1-2-19(22)26-15-7-6-14-25-18-12-10-17(11-13-18)21(24)28-27-20(23)16-8-4-3-5-9-16/h2-5,8-13H,1,6-7,14-15H2. The van der Waals surface area contributed by atoms with Gasteiger partial charge in [-0.25, -0.2) is 24.2 Å². The number of esters is 1. The molecule has 0 aliphatic heterocycles. The van der Waals surface area contributed by atoms with E-state index in [2.05, 4.69) is 16.4 Å². The molecule has 0 radical (unpaired) electrons. The van der Waals surface area contributed by atoms with Crippen molar-refractivity contribution in [3.8, 4) is 5.75 Å². The van der Waals surface area contributed by atoms with E-state index in [1.165, 1.54) is 12.1 Å². The van der Waals surface area contributed by atoms with Crippen LogP contribution in [0.15, 0.2) is 67.3 Å². The molecule has 0 heterocycles. The average Bonchev–Trinajstić information content (AvgIpc) is 2.75. The quantitative estimate of drug-likeness (QED) is 0.215. The van der Waals surface area contributed by atoms with Crippen molar-refractivity contribution < 1.29 is 33.6 Å². The van der Waals surface area contributed by atoms with Crippen LogP contribution in [0.1, 0.15) is 33.6 Å². The molecule has 2 aromatic rings. The number of carbonyl (C=O) groups is 3. The minimum Gasteiger partial charge on any atom is -0.494 e. The Hall–Kier alpha value is -3.61. The van der Waals surface area contributed by atoms with Gasteiger partial charge in [0, 0.05) is 6.08 Å². The van der Waals surface area contributed by atoms with Gasteiger partial charge in [0.25, 0.3) is 0 Å². The van der Waals surface area contributed by atoms with Crippen molar-refractivity contribution in [3.05, 3.63) is 78.4 Å². The Kier molecular flexibility index (Phi) is 8.26. The highest BCUT2D eigenvalue weighted by Crippen LogP contribution is 2.14. The van der Waals surface area contributed by atoms with Crippen LogP contribution < -0.4 is 4.74 Å². The van der Waals surface area contributed by atoms with Gasteiger partial charge in [0.15, 0.2) is 0 Å². The fourth-order valence-corrected chi connectivity index (χ4v) is 2.06. The summed E-state index contributed by atoms with van der Waals surface area (Å²) in [5.41, 5.74) is 0.489. The summed E-state index contributed by atoms with van der Waals surface area (Å²) < 4.78 is 10.4. The van der Waals surface area contributed by atoms with E-state index in [1.807, 2.05) is 0 Å². The predicted molar refractivity (Wildman–Crippen MR) is 99.6 cm³/mol. The number of rotatable bonds is 9. The second-order valence-electron chi connectivity index (χ2n) is 5.56. The van der Waals surface area contributed by atoms with Crippen LogP contribution >= 0.6 is 0 Å². The first-order valence-electron chi connectivity index (χ1n) is 8.60. The molecule has 0 fully saturated rings. The van der Waals surface area contributed by atoms with Gasteiger partial charge in [-0.3, -0.25) is 0 Å². The van der Waals surface area contributed by atoms with E-state index >= 15 is 0 Å². The first-order chi connectivity index (χ1) is 13.6. The first kappa shape index (κ1) is 20.7. The SMILES string of the molecule is C=CC(=O)OCCCCOc1ccc(C(=O)OOC(=O)c2ccccc2)cc1. The summed E-state index contributed by atoms with van der Waals surface area (Å²) in [6.45, 7) is 4.05. The molecule has 0 unspecified atom stereocenters. The van der Waals surface area contributed by atoms with Crippen LogP contribution in [-0.4, -0.2) is 31.1 Å². The van der Waals surface area contributed by atoms with Gasteiger partial charge in [0.2, 0.25) is 0 Å². The van der Waals surface area contributed by atoms with Gasteiger partial charge in [0.1, 0.15) is 5.75 Å². The summed E-state index contributed by atoms with van der Waals surface area (Å²) in [5.74, 6) is -1.42. The Labute approximate surface area is 162 Å². The predicted octanol–water partition coefficient (Wildman–Crippen LogP) is 3.50. The molecule has 0 atom stereocenters. The third-order valence-electron chi connectivity index (χ3n) is 3.51. The molecule has 0 amide bonds. The molecule has 0 spiro atoms. The van der Waals surface area contributed by atoms with Gasteiger partial charge >= 0.3 is 17.9 Å². The van der Waals surface area contributed by atoms with Gasteiger partial charge in [-0.2, -0.15) is 0 Å². The van der Waals surface area contributed by atoms with Crippen LogP contribution in [0.4, 0.5) is 0 Å². The second-order valence-corrected chi connectivity index (χ2v) is 5.56. The van der Waals surface area contributed by atoms with E-state index < -0.39 is 17.9 Å². The third kappa shape index (κ3) is 6.95. The van der Waals surface area contributed by atoms with E-state index in [0.717, 1.165) is 6.08 Å². The molecule has 28 heavy (non-hydrogen) atoms. The number of hydrogen-bond donors (Lipinski definition) is 0. The van der Waals surface area contributed by atoms with Crippen LogP contribution in [0.25, 0.3) is 0 Å². The fourth-order valence-electron chi connectivity index (χ4n) is 2.06. The zero-order valence-electron chi connectivity index (χ0n) is 15.2.